The minimum Gasteiger partial charge on any atom is -0.375 e. The van der Waals surface area contributed by atoms with Gasteiger partial charge in [-0.05, 0) is 12.8 Å². The summed E-state index contributed by atoms with van der Waals surface area (Å²) in [5.74, 6) is 0.741. The minimum absolute atomic E-state index is 0.325. The molecule has 1 aliphatic carbocycles. The van der Waals surface area contributed by atoms with Crippen molar-refractivity contribution in [3.63, 3.8) is 0 Å². The van der Waals surface area contributed by atoms with E-state index >= 15 is 0 Å². The number of ether oxygens (including phenoxy) is 1. The van der Waals surface area contributed by atoms with Gasteiger partial charge in [0.15, 0.2) is 0 Å². The highest BCUT2D eigenvalue weighted by Crippen LogP contribution is 2.34. The Balaban J connectivity index is 1.59. The van der Waals surface area contributed by atoms with Gasteiger partial charge >= 0.3 is 0 Å². The number of hydrogen-bond donors (Lipinski definition) is 1. The molecular formula is C13H20N2OS. The highest BCUT2D eigenvalue weighted by atomic mass is 32.1. The summed E-state index contributed by atoms with van der Waals surface area (Å²) in [6, 6.07) is 0. The Morgan fingerprint density at radius 2 is 2.29 bits per heavy atom. The van der Waals surface area contributed by atoms with Crippen LogP contribution in [0.2, 0.25) is 0 Å². The molecule has 2 fully saturated rings. The van der Waals surface area contributed by atoms with Crippen molar-refractivity contribution in [2.75, 3.05) is 19.7 Å². The summed E-state index contributed by atoms with van der Waals surface area (Å²) in [5.41, 5.74) is 1.34. The van der Waals surface area contributed by atoms with Gasteiger partial charge in [0.05, 0.1) is 23.4 Å². The van der Waals surface area contributed by atoms with E-state index in [1.54, 1.807) is 0 Å². The monoisotopic (exact) mass is 252 g/mol. The zero-order valence-electron chi connectivity index (χ0n) is 10.2. The molecule has 0 amide bonds. The van der Waals surface area contributed by atoms with Gasteiger partial charge in [-0.15, -0.1) is 11.3 Å². The quantitative estimate of drug-likeness (QED) is 0.896. The maximum Gasteiger partial charge on any atom is 0.0954 e. The third-order valence-electron chi connectivity index (χ3n) is 3.75. The first-order chi connectivity index (χ1) is 8.42. The Morgan fingerprint density at radius 1 is 1.41 bits per heavy atom. The zero-order chi connectivity index (χ0) is 11.5. The number of morpholine rings is 1. The number of hydrogen-bond acceptors (Lipinski definition) is 4. The van der Waals surface area contributed by atoms with Gasteiger partial charge in [0.1, 0.15) is 0 Å². The molecule has 1 saturated carbocycles. The van der Waals surface area contributed by atoms with Gasteiger partial charge in [0, 0.05) is 30.8 Å². The molecule has 1 unspecified atom stereocenters. The van der Waals surface area contributed by atoms with Crippen molar-refractivity contribution in [2.45, 2.75) is 44.1 Å². The van der Waals surface area contributed by atoms with Crippen LogP contribution in [0.25, 0.3) is 0 Å². The van der Waals surface area contributed by atoms with Gasteiger partial charge < -0.3 is 10.1 Å². The largest absolute Gasteiger partial charge is 0.375 e. The number of thiazole rings is 1. The molecule has 2 heterocycles. The van der Waals surface area contributed by atoms with Crippen LogP contribution in [0.3, 0.4) is 0 Å². The van der Waals surface area contributed by atoms with Crippen LogP contribution in [0.15, 0.2) is 5.38 Å². The van der Waals surface area contributed by atoms with Crippen LogP contribution in [0.1, 0.15) is 42.3 Å². The standard InChI is InChI=1S/C13H20N2OS/c1-2-4-10(3-1)12-9-17-13(15-12)7-11-8-14-5-6-16-11/h9-11,14H,1-8H2. The maximum absolute atomic E-state index is 5.72. The molecular weight excluding hydrogens is 232 g/mol. The second-order valence-electron chi connectivity index (χ2n) is 5.05. The first-order valence-corrected chi connectivity index (χ1v) is 7.56. The molecule has 1 atom stereocenters. The summed E-state index contributed by atoms with van der Waals surface area (Å²) in [5, 5.41) is 6.88. The second-order valence-corrected chi connectivity index (χ2v) is 5.99. The Hall–Kier alpha value is -0.450. The third-order valence-corrected chi connectivity index (χ3v) is 4.64. The summed E-state index contributed by atoms with van der Waals surface area (Å²) >= 11 is 1.81. The summed E-state index contributed by atoms with van der Waals surface area (Å²) in [4.78, 5) is 4.80. The van der Waals surface area contributed by atoms with E-state index in [1.165, 1.54) is 36.4 Å². The predicted octanol–water partition coefficient (Wildman–Crippen LogP) is 2.33. The normalized spacial score (nSPS) is 26.5. The van der Waals surface area contributed by atoms with Crippen LogP contribution >= 0.6 is 11.3 Å². The van der Waals surface area contributed by atoms with E-state index in [9.17, 15) is 0 Å². The van der Waals surface area contributed by atoms with Crippen LogP contribution in [-0.4, -0.2) is 30.8 Å². The number of rotatable bonds is 3. The van der Waals surface area contributed by atoms with Gasteiger partial charge in [-0.2, -0.15) is 0 Å². The highest BCUT2D eigenvalue weighted by Gasteiger charge is 2.21. The molecule has 2 aliphatic rings. The van der Waals surface area contributed by atoms with E-state index in [1.807, 2.05) is 11.3 Å². The lowest BCUT2D eigenvalue weighted by Crippen LogP contribution is -2.39. The predicted molar refractivity (Wildman–Crippen MR) is 69.6 cm³/mol. The molecule has 4 heteroatoms. The molecule has 1 aliphatic heterocycles. The summed E-state index contributed by atoms with van der Waals surface area (Å²) in [6.07, 6.45) is 6.74. The molecule has 0 bridgehead atoms. The van der Waals surface area contributed by atoms with Crippen LogP contribution in [0.5, 0.6) is 0 Å². The van der Waals surface area contributed by atoms with Crippen molar-refractivity contribution in [3.8, 4) is 0 Å². The number of nitrogens with one attached hydrogen (secondary N) is 1. The summed E-state index contributed by atoms with van der Waals surface area (Å²) < 4.78 is 5.72. The van der Waals surface area contributed by atoms with Crippen molar-refractivity contribution in [1.82, 2.24) is 10.3 Å². The van der Waals surface area contributed by atoms with Gasteiger partial charge in [-0.1, -0.05) is 12.8 Å². The minimum atomic E-state index is 0.325. The lowest BCUT2D eigenvalue weighted by atomic mass is 10.1. The van der Waals surface area contributed by atoms with Crippen molar-refractivity contribution in [1.29, 1.82) is 0 Å². The molecule has 0 aromatic carbocycles. The molecule has 94 valence electrons. The molecule has 1 saturated heterocycles. The van der Waals surface area contributed by atoms with E-state index in [0.29, 0.717) is 6.10 Å². The van der Waals surface area contributed by atoms with Crippen LogP contribution < -0.4 is 5.32 Å². The van der Waals surface area contributed by atoms with Crippen molar-refractivity contribution in [3.05, 3.63) is 16.1 Å². The van der Waals surface area contributed by atoms with Crippen molar-refractivity contribution >= 4 is 11.3 Å². The fraction of sp³-hybridized carbons (Fsp3) is 0.769. The smallest absolute Gasteiger partial charge is 0.0954 e. The van der Waals surface area contributed by atoms with Crippen LogP contribution in [0.4, 0.5) is 0 Å². The van der Waals surface area contributed by atoms with E-state index in [2.05, 4.69) is 10.7 Å². The fourth-order valence-corrected chi connectivity index (χ4v) is 3.72. The van der Waals surface area contributed by atoms with Crippen LogP contribution in [-0.2, 0) is 11.2 Å². The van der Waals surface area contributed by atoms with Crippen molar-refractivity contribution in [2.24, 2.45) is 0 Å². The molecule has 1 aromatic heterocycles. The topological polar surface area (TPSA) is 34.1 Å². The van der Waals surface area contributed by atoms with Crippen molar-refractivity contribution < 1.29 is 4.74 Å². The molecule has 1 aromatic rings. The van der Waals surface area contributed by atoms with Gasteiger partial charge in [-0.3, -0.25) is 0 Å². The highest BCUT2D eigenvalue weighted by molar-refractivity contribution is 7.09. The van der Waals surface area contributed by atoms with E-state index < -0.39 is 0 Å². The Bertz CT molecular complexity index is 354. The average Bonchev–Trinajstić information content (AvgIpc) is 3.00. The van der Waals surface area contributed by atoms with Gasteiger partial charge in [0.2, 0.25) is 0 Å². The fourth-order valence-electron chi connectivity index (χ4n) is 2.77. The van der Waals surface area contributed by atoms with E-state index in [-0.39, 0.29) is 0 Å². The molecule has 3 nitrogen and oxygen atoms in total. The molecule has 3 rings (SSSR count). The van der Waals surface area contributed by atoms with Gasteiger partial charge in [-0.25, -0.2) is 4.98 Å². The first kappa shape index (κ1) is 11.6. The molecule has 0 radical (unpaired) electrons. The number of aromatic nitrogens is 1. The van der Waals surface area contributed by atoms with E-state index in [4.69, 9.17) is 9.72 Å². The van der Waals surface area contributed by atoms with E-state index in [0.717, 1.165) is 32.0 Å². The average molecular weight is 252 g/mol. The zero-order valence-corrected chi connectivity index (χ0v) is 11.0. The molecule has 17 heavy (non-hydrogen) atoms. The van der Waals surface area contributed by atoms with Crippen LogP contribution in [0, 0.1) is 0 Å². The third kappa shape index (κ3) is 2.87. The number of nitrogens with zero attached hydrogens (tertiary/aromatic N) is 1. The Morgan fingerprint density at radius 3 is 3.06 bits per heavy atom. The lowest BCUT2D eigenvalue weighted by Gasteiger charge is -2.22. The SMILES string of the molecule is c1sc(CC2CNCCO2)nc1C1CCCC1. The maximum atomic E-state index is 5.72. The Kier molecular flexibility index (Phi) is 3.74. The summed E-state index contributed by atoms with van der Waals surface area (Å²) in [7, 11) is 0. The second kappa shape index (κ2) is 5.46. The Labute approximate surface area is 107 Å². The van der Waals surface area contributed by atoms with Gasteiger partial charge in [0.25, 0.3) is 0 Å². The summed E-state index contributed by atoms with van der Waals surface area (Å²) in [6.45, 7) is 2.80. The molecule has 0 spiro atoms. The molecule has 1 N–H and O–H groups in total. The first-order valence-electron chi connectivity index (χ1n) is 6.68. The lowest BCUT2D eigenvalue weighted by molar-refractivity contribution is 0.0292.